The Hall–Kier alpha value is -2.18. The van der Waals surface area contributed by atoms with Gasteiger partial charge in [-0.2, -0.15) is 0 Å². The van der Waals surface area contributed by atoms with Crippen LogP contribution < -0.4 is 10.6 Å². The molecular formula is C20H20BrN3OS. The molecule has 2 N–H and O–H groups in total. The highest BCUT2D eigenvalue weighted by Crippen LogP contribution is 2.22. The number of carbonyl (C=O) groups excluding carboxylic acids is 1. The van der Waals surface area contributed by atoms with Gasteiger partial charge in [0.15, 0.2) is 5.13 Å². The zero-order valence-corrected chi connectivity index (χ0v) is 16.9. The van der Waals surface area contributed by atoms with Crippen LogP contribution in [0.5, 0.6) is 0 Å². The first-order chi connectivity index (χ1) is 12.6. The summed E-state index contributed by atoms with van der Waals surface area (Å²) in [6.45, 7) is 2.32. The third kappa shape index (κ3) is 5.16. The van der Waals surface area contributed by atoms with Gasteiger partial charge in [-0.25, -0.2) is 4.98 Å². The van der Waals surface area contributed by atoms with E-state index in [0.717, 1.165) is 27.9 Å². The van der Waals surface area contributed by atoms with E-state index in [1.54, 1.807) is 0 Å². The van der Waals surface area contributed by atoms with E-state index in [1.165, 1.54) is 22.5 Å². The van der Waals surface area contributed by atoms with E-state index < -0.39 is 0 Å². The molecule has 0 fully saturated rings. The van der Waals surface area contributed by atoms with Crippen LogP contribution in [0.3, 0.4) is 0 Å². The SMILES string of the molecule is CCc1ccccc1NCC(=O)Nc1ncc(Cc2ccc(Br)cc2)s1. The summed E-state index contributed by atoms with van der Waals surface area (Å²) in [6.07, 6.45) is 3.56. The van der Waals surface area contributed by atoms with Crippen molar-refractivity contribution in [2.24, 2.45) is 0 Å². The lowest BCUT2D eigenvalue weighted by Crippen LogP contribution is -2.22. The molecule has 0 aliphatic heterocycles. The Balaban J connectivity index is 1.53. The lowest BCUT2D eigenvalue weighted by molar-refractivity contribution is -0.114. The predicted octanol–water partition coefficient (Wildman–Crippen LogP) is 5.11. The van der Waals surface area contributed by atoms with Crippen molar-refractivity contribution in [1.29, 1.82) is 0 Å². The van der Waals surface area contributed by atoms with Crippen LogP contribution in [0.4, 0.5) is 10.8 Å². The number of aromatic nitrogens is 1. The first-order valence-electron chi connectivity index (χ1n) is 8.45. The molecule has 6 heteroatoms. The van der Waals surface area contributed by atoms with E-state index in [4.69, 9.17) is 0 Å². The van der Waals surface area contributed by atoms with Crippen LogP contribution in [0.25, 0.3) is 0 Å². The molecule has 0 bridgehead atoms. The van der Waals surface area contributed by atoms with Crippen LogP contribution in [-0.4, -0.2) is 17.4 Å². The summed E-state index contributed by atoms with van der Waals surface area (Å²) < 4.78 is 1.07. The smallest absolute Gasteiger partial charge is 0.245 e. The molecule has 0 saturated carbocycles. The summed E-state index contributed by atoms with van der Waals surface area (Å²) in [7, 11) is 0. The monoisotopic (exact) mass is 429 g/mol. The van der Waals surface area contributed by atoms with Gasteiger partial charge in [0.05, 0.1) is 6.54 Å². The second-order valence-electron chi connectivity index (χ2n) is 5.85. The molecule has 0 aliphatic rings. The van der Waals surface area contributed by atoms with Crippen LogP contribution in [0.2, 0.25) is 0 Å². The van der Waals surface area contributed by atoms with E-state index in [1.807, 2.05) is 36.5 Å². The van der Waals surface area contributed by atoms with Crippen molar-refractivity contribution in [2.75, 3.05) is 17.2 Å². The summed E-state index contributed by atoms with van der Waals surface area (Å²) >= 11 is 4.95. The molecule has 0 aliphatic carbocycles. The number of para-hydroxylation sites is 1. The molecule has 2 aromatic carbocycles. The zero-order chi connectivity index (χ0) is 18.4. The number of nitrogens with zero attached hydrogens (tertiary/aromatic N) is 1. The number of aryl methyl sites for hydroxylation is 1. The first-order valence-corrected chi connectivity index (χ1v) is 10.1. The van der Waals surface area contributed by atoms with Gasteiger partial charge in [-0.3, -0.25) is 4.79 Å². The minimum atomic E-state index is -0.0968. The summed E-state index contributed by atoms with van der Waals surface area (Å²) in [4.78, 5) is 17.6. The number of halogens is 1. The quantitative estimate of drug-likeness (QED) is 0.548. The number of benzene rings is 2. The molecule has 0 atom stereocenters. The largest absolute Gasteiger partial charge is 0.376 e. The number of nitrogens with one attached hydrogen (secondary N) is 2. The van der Waals surface area contributed by atoms with Crippen molar-refractivity contribution in [3.05, 3.63) is 75.2 Å². The summed E-state index contributed by atoms with van der Waals surface area (Å²) in [6, 6.07) is 16.2. The Morgan fingerprint density at radius 3 is 2.69 bits per heavy atom. The van der Waals surface area contributed by atoms with Crippen LogP contribution in [0.15, 0.2) is 59.2 Å². The van der Waals surface area contributed by atoms with Gasteiger partial charge < -0.3 is 10.6 Å². The molecule has 3 rings (SSSR count). The maximum atomic E-state index is 12.2. The van der Waals surface area contributed by atoms with Crippen molar-refractivity contribution in [2.45, 2.75) is 19.8 Å². The van der Waals surface area contributed by atoms with Crippen LogP contribution in [0.1, 0.15) is 22.9 Å². The van der Waals surface area contributed by atoms with Crippen LogP contribution in [0, 0.1) is 0 Å². The molecule has 134 valence electrons. The number of rotatable bonds is 7. The topological polar surface area (TPSA) is 54.0 Å². The van der Waals surface area contributed by atoms with E-state index in [2.05, 4.69) is 56.7 Å². The minimum absolute atomic E-state index is 0.0968. The fourth-order valence-electron chi connectivity index (χ4n) is 2.59. The first kappa shape index (κ1) is 18.6. The number of carbonyl (C=O) groups is 1. The number of hydrogen-bond donors (Lipinski definition) is 2. The van der Waals surface area contributed by atoms with Gasteiger partial charge in [0.2, 0.25) is 5.91 Å². The predicted molar refractivity (Wildman–Crippen MR) is 112 cm³/mol. The summed E-state index contributed by atoms with van der Waals surface area (Å²) in [5, 5.41) is 6.69. The molecule has 0 radical (unpaired) electrons. The molecule has 3 aromatic rings. The van der Waals surface area contributed by atoms with E-state index >= 15 is 0 Å². The Bertz CT molecular complexity index is 877. The third-order valence-corrected chi connectivity index (χ3v) is 5.37. The molecule has 0 saturated heterocycles. The lowest BCUT2D eigenvalue weighted by Gasteiger charge is -2.10. The molecule has 0 unspecified atom stereocenters. The van der Waals surface area contributed by atoms with Crippen molar-refractivity contribution in [1.82, 2.24) is 4.98 Å². The second-order valence-corrected chi connectivity index (χ2v) is 7.88. The molecule has 1 amide bonds. The van der Waals surface area contributed by atoms with Gasteiger partial charge in [-0.1, -0.05) is 53.2 Å². The number of anilines is 2. The lowest BCUT2D eigenvalue weighted by atomic mass is 10.1. The number of amides is 1. The highest BCUT2D eigenvalue weighted by Gasteiger charge is 2.08. The second kappa shape index (κ2) is 8.96. The average molecular weight is 430 g/mol. The highest BCUT2D eigenvalue weighted by molar-refractivity contribution is 9.10. The Labute approximate surface area is 165 Å². The fourth-order valence-corrected chi connectivity index (χ4v) is 3.72. The van der Waals surface area contributed by atoms with E-state index in [-0.39, 0.29) is 12.5 Å². The van der Waals surface area contributed by atoms with Crippen molar-refractivity contribution in [3.63, 3.8) is 0 Å². The van der Waals surface area contributed by atoms with Gasteiger partial charge in [0.1, 0.15) is 0 Å². The van der Waals surface area contributed by atoms with Crippen molar-refractivity contribution in [3.8, 4) is 0 Å². The molecule has 1 aromatic heterocycles. The molecule has 1 heterocycles. The minimum Gasteiger partial charge on any atom is -0.376 e. The number of hydrogen-bond acceptors (Lipinski definition) is 4. The maximum Gasteiger partial charge on any atom is 0.245 e. The highest BCUT2D eigenvalue weighted by atomic mass is 79.9. The Morgan fingerprint density at radius 1 is 1.15 bits per heavy atom. The molecule has 4 nitrogen and oxygen atoms in total. The van der Waals surface area contributed by atoms with Gasteiger partial charge in [0, 0.05) is 27.7 Å². The molecule has 0 spiro atoms. The van der Waals surface area contributed by atoms with Gasteiger partial charge in [-0.15, -0.1) is 11.3 Å². The molecule has 26 heavy (non-hydrogen) atoms. The summed E-state index contributed by atoms with van der Waals surface area (Å²) in [5.41, 5.74) is 3.42. The summed E-state index contributed by atoms with van der Waals surface area (Å²) in [5.74, 6) is -0.0968. The zero-order valence-electron chi connectivity index (χ0n) is 14.5. The Kier molecular flexibility index (Phi) is 6.41. The van der Waals surface area contributed by atoms with Crippen LogP contribution >= 0.6 is 27.3 Å². The molecular weight excluding hydrogens is 410 g/mol. The number of thiazole rings is 1. The Morgan fingerprint density at radius 2 is 1.92 bits per heavy atom. The van der Waals surface area contributed by atoms with E-state index in [9.17, 15) is 4.79 Å². The normalized spacial score (nSPS) is 10.5. The average Bonchev–Trinajstić information content (AvgIpc) is 3.09. The third-order valence-electron chi connectivity index (χ3n) is 3.93. The maximum absolute atomic E-state index is 12.2. The standard InChI is InChI=1S/C20H20BrN3OS/c1-2-15-5-3-4-6-18(15)22-13-19(25)24-20-23-12-17(26-20)11-14-7-9-16(21)10-8-14/h3-10,12,22H,2,11,13H2,1H3,(H,23,24,25). The van der Waals surface area contributed by atoms with Crippen molar-refractivity contribution < 1.29 is 4.79 Å². The van der Waals surface area contributed by atoms with Gasteiger partial charge in [0.25, 0.3) is 0 Å². The van der Waals surface area contributed by atoms with Crippen LogP contribution in [-0.2, 0) is 17.6 Å². The van der Waals surface area contributed by atoms with E-state index in [0.29, 0.717) is 5.13 Å². The van der Waals surface area contributed by atoms with Crippen molar-refractivity contribution >= 4 is 44.0 Å². The fraction of sp³-hybridized carbons (Fsp3) is 0.200. The van der Waals surface area contributed by atoms with Gasteiger partial charge >= 0.3 is 0 Å². The van der Waals surface area contributed by atoms with Gasteiger partial charge in [-0.05, 0) is 35.7 Å².